The Morgan fingerprint density at radius 1 is 0.839 bits per heavy atom. The average molecular weight is 431 g/mol. The van der Waals surface area contributed by atoms with Crippen molar-refractivity contribution in [2.45, 2.75) is 6.92 Å². The molecule has 0 amide bonds. The molecule has 0 aliphatic heterocycles. The number of aromatic nitrogens is 5. The molecule has 0 atom stereocenters. The highest BCUT2D eigenvalue weighted by Crippen LogP contribution is 2.19. The van der Waals surface area contributed by atoms with Gasteiger partial charge in [-0.2, -0.15) is 4.40 Å². The van der Waals surface area contributed by atoms with E-state index in [1.54, 1.807) is 0 Å². The molecule has 0 N–H and O–H groups in total. The third-order valence-electron chi connectivity index (χ3n) is 5.29. The van der Waals surface area contributed by atoms with E-state index < -0.39 is 0 Å². The van der Waals surface area contributed by atoms with Crippen molar-refractivity contribution in [2.75, 3.05) is 19.0 Å². The fraction of sp³-hybridized carbons (Fsp3) is 0.125. The number of hydrogen-bond acceptors (Lipinski definition) is 3. The Labute approximate surface area is 187 Å². The van der Waals surface area contributed by atoms with Gasteiger partial charge < -0.3 is 17.3 Å². The van der Waals surface area contributed by atoms with Gasteiger partial charge in [0, 0.05) is 19.8 Å². The zero-order valence-electron chi connectivity index (χ0n) is 17.6. The molecule has 3 heterocycles. The van der Waals surface area contributed by atoms with Crippen LogP contribution >= 0.6 is 0 Å². The smallest absolute Gasteiger partial charge is 0.254 e. The van der Waals surface area contributed by atoms with Gasteiger partial charge in [-0.05, 0) is 55.5 Å². The molecule has 0 radical (unpaired) electrons. The summed E-state index contributed by atoms with van der Waals surface area (Å²) in [4.78, 5) is 2.10. The van der Waals surface area contributed by atoms with Gasteiger partial charge in [0.1, 0.15) is 11.9 Å². The summed E-state index contributed by atoms with van der Waals surface area (Å²) < 4.78 is 6.08. The van der Waals surface area contributed by atoms with E-state index >= 15 is 0 Å². The molecule has 31 heavy (non-hydrogen) atoms. The van der Waals surface area contributed by atoms with Crippen molar-refractivity contribution in [1.29, 1.82) is 0 Å². The maximum absolute atomic E-state index is 4.43. The van der Waals surface area contributed by atoms with Crippen molar-refractivity contribution in [3.63, 3.8) is 0 Å². The number of nitrogens with zero attached hydrogens (tertiary/aromatic N) is 6. The van der Waals surface area contributed by atoms with Crippen LogP contribution in [-0.2, 0) is 0 Å². The number of anilines is 1. The second-order valence-electron chi connectivity index (χ2n) is 7.65. The molecule has 0 aliphatic carbocycles. The number of rotatable bonds is 4. The van der Waals surface area contributed by atoms with E-state index in [2.05, 4.69) is 110 Å². The molecule has 5 rings (SSSR count). The van der Waals surface area contributed by atoms with Crippen molar-refractivity contribution in [3.05, 3.63) is 91.0 Å². The molecule has 156 valence electrons. The van der Waals surface area contributed by atoms with Crippen LogP contribution in [0.2, 0.25) is 0 Å². The van der Waals surface area contributed by atoms with Crippen molar-refractivity contribution >= 4 is 11.2 Å². The predicted molar refractivity (Wildman–Crippen MR) is 118 cm³/mol. The Bertz CT molecular complexity index is 1320. The molecule has 7 heteroatoms. The van der Waals surface area contributed by atoms with Crippen molar-refractivity contribution in [1.82, 2.24) is 19.6 Å². The van der Waals surface area contributed by atoms with E-state index in [-0.39, 0.29) is 12.4 Å². The third kappa shape index (κ3) is 3.90. The standard InChI is InChI=1S/C24H23N6.ClH/c1-18-7-9-21(10-8-18)30-16-23(25-26-30)24-6-4-5-22-15-28(17-29(22)24)20-13-11-19(12-14-20)27(2)3;/h4-17H,1-3H3;1H/q+1;/p-1. The molecule has 5 aromatic rings. The van der Waals surface area contributed by atoms with E-state index in [4.69, 9.17) is 0 Å². The van der Waals surface area contributed by atoms with Crippen LogP contribution in [0.1, 0.15) is 5.56 Å². The summed E-state index contributed by atoms with van der Waals surface area (Å²) in [5.41, 5.74) is 7.42. The SMILES string of the molecule is Cc1ccc(-n2cc(-c3cccc4cn(-c5ccc(N(C)C)cc5)c[n+]34)nn2)cc1.[Cl-]. The molecule has 0 unspecified atom stereocenters. The molecule has 0 aliphatic rings. The van der Waals surface area contributed by atoms with Crippen LogP contribution in [0, 0.1) is 6.92 Å². The summed E-state index contributed by atoms with van der Waals surface area (Å²) in [6.07, 6.45) is 6.18. The van der Waals surface area contributed by atoms with E-state index in [0.29, 0.717) is 0 Å². The van der Waals surface area contributed by atoms with Gasteiger partial charge >= 0.3 is 0 Å². The highest BCUT2D eigenvalue weighted by Gasteiger charge is 2.16. The summed E-state index contributed by atoms with van der Waals surface area (Å²) >= 11 is 0. The lowest BCUT2D eigenvalue weighted by Gasteiger charge is -2.11. The topological polar surface area (TPSA) is 43.0 Å². The Morgan fingerprint density at radius 3 is 2.26 bits per heavy atom. The van der Waals surface area contributed by atoms with E-state index in [1.807, 2.05) is 25.0 Å². The zero-order valence-corrected chi connectivity index (χ0v) is 18.4. The number of halogens is 1. The first-order valence-corrected chi connectivity index (χ1v) is 9.88. The molecule has 0 saturated heterocycles. The predicted octanol–water partition coefficient (Wildman–Crippen LogP) is 0.842. The lowest BCUT2D eigenvalue weighted by Crippen LogP contribution is -3.00. The molecule has 3 aromatic heterocycles. The average Bonchev–Trinajstić information content (AvgIpc) is 3.41. The third-order valence-corrected chi connectivity index (χ3v) is 5.29. The van der Waals surface area contributed by atoms with Gasteiger partial charge in [-0.15, -0.1) is 5.10 Å². The number of aryl methyl sites for hydroxylation is 1. The van der Waals surface area contributed by atoms with Crippen LogP contribution in [0.3, 0.4) is 0 Å². The maximum Gasteiger partial charge on any atom is 0.254 e. The van der Waals surface area contributed by atoms with Crippen LogP contribution in [-0.4, -0.2) is 33.7 Å². The molecule has 0 spiro atoms. The summed E-state index contributed by atoms with van der Waals surface area (Å²) in [6.45, 7) is 2.08. The van der Waals surface area contributed by atoms with Crippen LogP contribution in [0.5, 0.6) is 0 Å². The second kappa shape index (κ2) is 8.24. The fourth-order valence-electron chi connectivity index (χ4n) is 3.55. The quantitative estimate of drug-likeness (QED) is 0.397. The van der Waals surface area contributed by atoms with Gasteiger partial charge in [-0.1, -0.05) is 29.0 Å². The number of hydrogen-bond donors (Lipinski definition) is 0. The van der Waals surface area contributed by atoms with Crippen LogP contribution in [0.15, 0.2) is 85.5 Å². The van der Waals surface area contributed by atoms with Crippen LogP contribution in [0.4, 0.5) is 5.69 Å². The van der Waals surface area contributed by atoms with Gasteiger partial charge in [-0.25, -0.2) is 9.25 Å². The lowest BCUT2D eigenvalue weighted by atomic mass is 10.2. The number of benzene rings is 2. The van der Waals surface area contributed by atoms with Crippen molar-refractivity contribution < 1.29 is 16.8 Å². The molecular weight excluding hydrogens is 408 g/mol. The lowest BCUT2D eigenvalue weighted by molar-refractivity contribution is -0.499. The number of fused-ring (bicyclic) bond motifs is 1. The van der Waals surface area contributed by atoms with Crippen LogP contribution < -0.4 is 21.7 Å². The second-order valence-corrected chi connectivity index (χ2v) is 7.65. The van der Waals surface area contributed by atoms with Crippen LogP contribution in [0.25, 0.3) is 28.3 Å². The molecule has 2 aromatic carbocycles. The molecular formula is C24H23ClN6. The molecule has 0 saturated carbocycles. The molecule has 0 fully saturated rings. The number of imidazole rings is 1. The monoisotopic (exact) mass is 430 g/mol. The van der Waals surface area contributed by atoms with Gasteiger partial charge in [0.2, 0.25) is 0 Å². The van der Waals surface area contributed by atoms with Gasteiger partial charge in [0.25, 0.3) is 6.33 Å². The first-order chi connectivity index (χ1) is 14.6. The Balaban J connectivity index is 0.00000231. The van der Waals surface area contributed by atoms with Gasteiger partial charge in [0.05, 0.1) is 11.9 Å². The normalized spacial score (nSPS) is 10.8. The van der Waals surface area contributed by atoms with Gasteiger partial charge in [-0.3, -0.25) is 0 Å². The largest absolute Gasteiger partial charge is 1.00 e. The Kier molecular flexibility index (Phi) is 5.48. The Hall–Kier alpha value is -3.64. The first kappa shape index (κ1) is 20.6. The summed E-state index contributed by atoms with van der Waals surface area (Å²) in [5, 5.41) is 8.76. The minimum Gasteiger partial charge on any atom is -1.00 e. The van der Waals surface area contributed by atoms with E-state index in [0.717, 1.165) is 28.3 Å². The minimum absolute atomic E-state index is 0. The minimum atomic E-state index is 0. The Morgan fingerprint density at radius 2 is 1.55 bits per heavy atom. The van der Waals surface area contributed by atoms with E-state index in [1.165, 1.54) is 11.3 Å². The highest BCUT2D eigenvalue weighted by atomic mass is 35.5. The fourth-order valence-corrected chi connectivity index (χ4v) is 3.55. The summed E-state index contributed by atoms with van der Waals surface area (Å²) in [5.74, 6) is 0. The van der Waals surface area contributed by atoms with Gasteiger partial charge in [0.15, 0.2) is 16.9 Å². The van der Waals surface area contributed by atoms with Crippen molar-refractivity contribution in [3.8, 4) is 22.8 Å². The molecule has 0 bridgehead atoms. The van der Waals surface area contributed by atoms with Crippen molar-refractivity contribution in [2.24, 2.45) is 0 Å². The molecule has 6 nitrogen and oxygen atoms in total. The highest BCUT2D eigenvalue weighted by molar-refractivity contribution is 5.54. The zero-order chi connectivity index (χ0) is 20.7. The van der Waals surface area contributed by atoms with E-state index in [9.17, 15) is 0 Å². The first-order valence-electron chi connectivity index (χ1n) is 9.88. The maximum atomic E-state index is 4.43. The number of pyridine rings is 1. The summed E-state index contributed by atoms with van der Waals surface area (Å²) in [6, 6.07) is 23.0. The summed E-state index contributed by atoms with van der Waals surface area (Å²) in [7, 11) is 4.09.